The Morgan fingerprint density at radius 3 is 0.790 bits per heavy atom. The maximum Gasteiger partial charge on any atom is 1.00 e. The molecule has 0 aliphatic heterocycles. The molecular formula is C48H30N4Na2O6S2. The van der Waals surface area contributed by atoms with Crippen molar-refractivity contribution in [3.8, 4) is 45.0 Å². The zero-order valence-corrected chi connectivity index (χ0v) is 39.0. The molecule has 10 aromatic rings. The van der Waals surface area contributed by atoms with E-state index >= 15 is 0 Å². The summed E-state index contributed by atoms with van der Waals surface area (Å²) in [6.07, 6.45) is 0. The number of hydrogen-bond acceptors (Lipinski definition) is 10. The van der Waals surface area contributed by atoms with Crippen LogP contribution >= 0.6 is 0 Å². The Morgan fingerprint density at radius 1 is 0.306 bits per heavy atom. The van der Waals surface area contributed by atoms with Gasteiger partial charge in [-0.2, -0.15) is 0 Å². The maximum atomic E-state index is 11.4. The van der Waals surface area contributed by atoms with Crippen LogP contribution in [0.5, 0.6) is 0 Å². The van der Waals surface area contributed by atoms with E-state index in [1.54, 1.807) is 24.3 Å². The maximum absolute atomic E-state index is 11.4. The average molecular weight is 869 g/mol. The van der Waals surface area contributed by atoms with Gasteiger partial charge in [0.15, 0.2) is 0 Å². The fraction of sp³-hybridized carbons (Fsp3) is 0. The number of hydrogen-bond donors (Lipinski definition) is 0. The molecule has 10 nitrogen and oxygen atoms in total. The molecule has 0 aliphatic carbocycles. The molecule has 0 N–H and O–H groups in total. The summed E-state index contributed by atoms with van der Waals surface area (Å²) in [5.41, 5.74) is 9.43. The number of benzene rings is 8. The van der Waals surface area contributed by atoms with Gasteiger partial charge in [0.05, 0.1) is 54.6 Å². The monoisotopic (exact) mass is 868 g/mol. The SMILES string of the molecule is O=S(=O)([O-])c1ccc2cc3nc(-c4ccccc4)c(-c4ccccc4)nc3cc2c1.O=S(=O)([O-])c1ccc2cc3nc(-c4ccccc4)c(-c4ccccc4)nc3cc2c1.[Na+].[Na+]. The third-order valence-corrected chi connectivity index (χ3v) is 11.6. The molecule has 2 heterocycles. The van der Waals surface area contributed by atoms with Gasteiger partial charge in [0.2, 0.25) is 0 Å². The van der Waals surface area contributed by atoms with Crippen molar-refractivity contribution in [3.05, 3.63) is 182 Å². The molecule has 62 heavy (non-hydrogen) atoms. The first-order valence-corrected chi connectivity index (χ1v) is 21.4. The van der Waals surface area contributed by atoms with Crippen molar-refractivity contribution in [2.45, 2.75) is 9.79 Å². The van der Waals surface area contributed by atoms with Gasteiger partial charge in [-0.15, -0.1) is 0 Å². The van der Waals surface area contributed by atoms with Crippen molar-refractivity contribution in [2.24, 2.45) is 0 Å². The van der Waals surface area contributed by atoms with Crippen LogP contribution < -0.4 is 59.1 Å². The fourth-order valence-corrected chi connectivity index (χ4v) is 8.07. The second kappa shape index (κ2) is 18.6. The van der Waals surface area contributed by atoms with E-state index in [-0.39, 0.29) is 68.9 Å². The molecule has 0 unspecified atom stereocenters. The van der Waals surface area contributed by atoms with Crippen molar-refractivity contribution in [1.82, 2.24) is 19.9 Å². The standard InChI is InChI=1S/2C24H16N2O3S.2Na/c2*27-30(28,29)20-12-11-18-14-21-22(15-19(18)13-20)26-24(17-9-5-2-6-10-17)23(25-21)16-7-3-1-4-8-16;;/h2*1-15H,(H,27,28,29);;/q;;2*+1/p-2. The summed E-state index contributed by atoms with van der Waals surface area (Å²) in [6.45, 7) is 0. The van der Waals surface area contributed by atoms with Gasteiger partial charge in [-0.3, -0.25) is 0 Å². The molecule has 0 fully saturated rings. The smallest absolute Gasteiger partial charge is 0.744 e. The van der Waals surface area contributed by atoms with E-state index in [2.05, 4.69) is 0 Å². The van der Waals surface area contributed by atoms with Crippen LogP contribution in [-0.2, 0) is 20.2 Å². The minimum atomic E-state index is -4.53. The van der Waals surface area contributed by atoms with Gasteiger partial charge in [0.25, 0.3) is 0 Å². The molecule has 0 saturated heterocycles. The Balaban J connectivity index is 0.000000181. The Bertz CT molecular complexity index is 3250. The predicted octanol–water partition coefficient (Wildman–Crippen LogP) is 4.05. The van der Waals surface area contributed by atoms with E-state index in [9.17, 15) is 25.9 Å². The van der Waals surface area contributed by atoms with Gasteiger partial charge < -0.3 is 9.11 Å². The van der Waals surface area contributed by atoms with E-state index in [1.807, 2.05) is 133 Å². The summed E-state index contributed by atoms with van der Waals surface area (Å²) in [5, 5.41) is 2.83. The Labute approximate surface area is 401 Å². The number of nitrogens with zero attached hydrogens (tertiary/aromatic N) is 4. The van der Waals surface area contributed by atoms with Crippen molar-refractivity contribution >= 4 is 63.8 Å². The van der Waals surface area contributed by atoms with E-state index in [0.717, 1.165) is 55.8 Å². The van der Waals surface area contributed by atoms with Crippen LogP contribution in [0.15, 0.2) is 192 Å². The van der Waals surface area contributed by atoms with Crippen molar-refractivity contribution in [2.75, 3.05) is 0 Å². The summed E-state index contributed by atoms with van der Waals surface area (Å²) in [4.78, 5) is 19.0. The third kappa shape index (κ3) is 9.55. The van der Waals surface area contributed by atoms with E-state index in [4.69, 9.17) is 19.9 Å². The van der Waals surface area contributed by atoms with Gasteiger partial charge in [0.1, 0.15) is 20.2 Å². The van der Waals surface area contributed by atoms with Gasteiger partial charge in [-0.05, 0) is 70.1 Å². The van der Waals surface area contributed by atoms with Crippen LogP contribution in [0.3, 0.4) is 0 Å². The number of rotatable bonds is 6. The largest absolute Gasteiger partial charge is 1.00 e. The van der Waals surface area contributed by atoms with Crippen LogP contribution in [-0.4, -0.2) is 45.9 Å². The zero-order chi connectivity index (χ0) is 41.4. The minimum Gasteiger partial charge on any atom is -0.744 e. The van der Waals surface area contributed by atoms with Gasteiger partial charge in [-0.25, -0.2) is 36.8 Å². The van der Waals surface area contributed by atoms with Crippen molar-refractivity contribution < 1.29 is 85.1 Å². The molecule has 10 rings (SSSR count). The van der Waals surface area contributed by atoms with Gasteiger partial charge >= 0.3 is 59.1 Å². The van der Waals surface area contributed by atoms with Crippen LogP contribution in [0.1, 0.15) is 0 Å². The molecule has 14 heteroatoms. The van der Waals surface area contributed by atoms with Crippen molar-refractivity contribution in [1.29, 1.82) is 0 Å². The van der Waals surface area contributed by atoms with Gasteiger partial charge in [0, 0.05) is 22.3 Å². The molecule has 0 aliphatic rings. The summed E-state index contributed by atoms with van der Waals surface area (Å²) >= 11 is 0. The zero-order valence-electron chi connectivity index (χ0n) is 33.4. The second-order valence-electron chi connectivity index (χ2n) is 13.9. The average Bonchev–Trinajstić information content (AvgIpc) is 3.27. The quantitative estimate of drug-likeness (QED) is 0.135. The van der Waals surface area contributed by atoms with Crippen LogP contribution in [0.25, 0.3) is 88.6 Å². The van der Waals surface area contributed by atoms with Crippen LogP contribution in [0.4, 0.5) is 0 Å². The molecule has 0 spiro atoms. The Hall–Kier alpha value is -5.22. The molecule has 0 radical (unpaired) electrons. The first-order valence-electron chi connectivity index (χ1n) is 18.6. The van der Waals surface area contributed by atoms with Crippen LogP contribution in [0.2, 0.25) is 0 Å². The van der Waals surface area contributed by atoms with Gasteiger partial charge in [-0.1, -0.05) is 133 Å². The second-order valence-corrected chi connectivity index (χ2v) is 16.7. The van der Waals surface area contributed by atoms with E-state index < -0.39 is 20.2 Å². The summed E-state index contributed by atoms with van der Waals surface area (Å²) < 4.78 is 68.4. The topological polar surface area (TPSA) is 166 Å². The van der Waals surface area contributed by atoms with E-state index in [1.165, 1.54) is 24.3 Å². The fourth-order valence-electron chi connectivity index (χ4n) is 7.06. The normalized spacial score (nSPS) is 11.4. The van der Waals surface area contributed by atoms with E-state index in [0.29, 0.717) is 32.8 Å². The molecule has 0 atom stereocenters. The Morgan fingerprint density at radius 2 is 0.548 bits per heavy atom. The first-order chi connectivity index (χ1) is 29.0. The molecule has 2 aromatic heterocycles. The summed E-state index contributed by atoms with van der Waals surface area (Å²) in [5.74, 6) is 0. The third-order valence-electron chi connectivity index (χ3n) is 9.95. The predicted molar refractivity (Wildman–Crippen MR) is 232 cm³/mol. The molecular weight excluding hydrogens is 839 g/mol. The van der Waals surface area contributed by atoms with Crippen LogP contribution in [0, 0.1) is 0 Å². The molecule has 8 aromatic carbocycles. The Kier molecular flexibility index (Phi) is 13.5. The summed E-state index contributed by atoms with van der Waals surface area (Å²) in [7, 11) is -9.05. The molecule has 0 amide bonds. The number of fused-ring (bicyclic) bond motifs is 4. The minimum absolute atomic E-state index is 0. The molecule has 292 valence electrons. The molecule has 0 bridgehead atoms. The number of aromatic nitrogens is 4. The molecule has 0 saturated carbocycles. The van der Waals surface area contributed by atoms with Crippen molar-refractivity contribution in [3.63, 3.8) is 0 Å². The first kappa shape index (κ1) is 44.8. The summed E-state index contributed by atoms with van der Waals surface area (Å²) in [6, 6.07) is 55.2.